The van der Waals surface area contributed by atoms with Crippen molar-refractivity contribution < 1.29 is 0 Å². The molecular weight excluding hydrogens is 759 g/mol. The first-order valence-electron chi connectivity index (χ1n) is 21.8. The van der Waals surface area contributed by atoms with Crippen molar-refractivity contribution in [2.75, 3.05) is 4.90 Å². The minimum absolute atomic E-state index is 1.09. The van der Waals surface area contributed by atoms with E-state index in [2.05, 4.69) is 254 Å². The van der Waals surface area contributed by atoms with E-state index in [1.54, 1.807) is 0 Å². The maximum Gasteiger partial charge on any atom is 0.0540 e. The van der Waals surface area contributed by atoms with E-state index in [1.807, 2.05) is 0 Å². The van der Waals surface area contributed by atoms with Gasteiger partial charge < -0.3 is 4.90 Å². The minimum Gasteiger partial charge on any atom is -0.309 e. The van der Waals surface area contributed by atoms with Crippen LogP contribution in [0.2, 0.25) is 0 Å². The first-order chi connectivity index (χ1) is 31.3. The Labute approximate surface area is 367 Å². The van der Waals surface area contributed by atoms with Gasteiger partial charge in [-0.25, -0.2) is 0 Å². The summed E-state index contributed by atoms with van der Waals surface area (Å²) in [5, 5.41) is 12.3. The van der Waals surface area contributed by atoms with Gasteiger partial charge in [-0.1, -0.05) is 224 Å². The van der Waals surface area contributed by atoms with Crippen molar-refractivity contribution in [3.05, 3.63) is 249 Å². The molecule has 0 saturated carbocycles. The summed E-state index contributed by atoms with van der Waals surface area (Å²) < 4.78 is 0. The van der Waals surface area contributed by atoms with Crippen molar-refractivity contribution in [2.45, 2.75) is 0 Å². The molecule has 0 radical (unpaired) electrons. The highest BCUT2D eigenvalue weighted by Crippen LogP contribution is 2.47. The Morgan fingerprint density at radius 3 is 1.08 bits per heavy atom. The molecule has 12 aromatic rings. The molecule has 0 heterocycles. The molecule has 0 aliphatic heterocycles. The second kappa shape index (κ2) is 15.3. The molecule has 12 rings (SSSR count). The summed E-state index contributed by atoms with van der Waals surface area (Å²) in [6.45, 7) is 0. The van der Waals surface area contributed by atoms with Crippen LogP contribution in [0.25, 0.3) is 98.4 Å². The van der Waals surface area contributed by atoms with Gasteiger partial charge in [0.25, 0.3) is 0 Å². The lowest BCUT2D eigenvalue weighted by Gasteiger charge is -2.29. The maximum absolute atomic E-state index is 2.48. The molecule has 0 aromatic heterocycles. The summed E-state index contributed by atoms with van der Waals surface area (Å²) in [5.74, 6) is 0. The zero-order valence-corrected chi connectivity index (χ0v) is 34.6. The number of benzene rings is 12. The van der Waals surface area contributed by atoms with Crippen molar-refractivity contribution in [1.29, 1.82) is 0 Å². The maximum atomic E-state index is 2.48. The molecule has 12 aromatic carbocycles. The first kappa shape index (κ1) is 36.6. The number of anilines is 3. The topological polar surface area (TPSA) is 3.24 Å². The van der Waals surface area contributed by atoms with Crippen molar-refractivity contribution in [3.63, 3.8) is 0 Å². The van der Waals surface area contributed by atoms with Gasteiger partial charge in [0, 0.05) is 16.5 Å². The van der Waals surface area contributed by atoms with Gasteiger partial charge in [-0.3, -0.25) is 0 Å². The fourth-order valence-electron chi connectivity index (χ4n) is 9.98. The largest absolute Gasteiger partial charge is 0.309 e. The summed E-state index contributed by atoms with van der Waals surface area (Å²) in [6, 6.07) is 91.1. The van der Waals surface area contributed by atoms with Crippen LogP contribution in [0.15, 0.2) is 249 Å². The number of hydrogen-bond acceptors (Lipinski definition) is 1. The molecule has 0 amide bonds. The average molecular weight is 800 g/mol. The highest BCUT2D eigenvalue weighted by Gasteiger charge is 2.22. The summed E-state index contributed by atoms with van der Waals surface area (Å²) in [7, 11) is 0. The Hall–Kier alpha value is -8.26. The molecule has 0 aliphatic carbocycles. The van der Waals surface area contributed by atoms with Crippen LogP contribution in [0.4, 0.5) is 17.1 Å². The average Bonchev–Trinajstić information content (AvgIpc) is 3.36. The minimum atomic E-state index is 1.09. The van der Waals surface area contributed by atoms with Crippen LogP contribution in [0.3, 0.4) is 0 Å². The molecule has 0 saturated heterocycles. The van der Waals surface area contributed by atoms with E-state index in [9.17, 15) is 0 Å². The van der Waals surface area contributed by atoms with Crippen molar-refractivity contribution in [1.82, 2.24) is 0 Å². The molecule has 1 nitrogen and oxygen atoms in total. The Bertz CT molecular complexity index is 3500. The predicted octanol–water partition coefficient (Wildman–Crippen LogP) is 17.6. The van der Waals surface area contributed by atoms with E-state index in [-0.39, 0.29) is 0 Å². The Balaban J connectivity index is 1.08. The zero-order chi connectivity index (χ0) is 41.7. The van der Waals surface area contributed by atoms with Crippen LogP contribution in [-0.4, -0.2) is 0 Å². The summed E-state index contributed by atoms with van der Waals surface area (Å²) in [6.07, 6.45) is 0. The molecule has 0 atom stereocenters. The second-order valence-electron chi connectivity index (χ2n) is 16.4. The monoisotopic (exact) mass is 799 g/mol. The van der Waals surface area contributed by atoms with Crippen LogP contribution in [0, 0.1) is 0 Å². The van der Waals surface area contributed by atoms with Gasteiger partial charge in [-0.05, 0) is 112 Å². The molecular formula is C62H41N. The smallest absolute Gasteiger partial charge is 0.0540 e. The van der Waals surface area contributed by atoms with E-state index in [0.29, 0.717) is 0 Å². The van der Waals surface area contributed by atoms with Crippen LogP contribution >= 0.6 is 0 Å². The normalized spacial score (nSPS) is 11.5. The van der Waals surface area contributed by atoms with E-state index >= 15 is 0 Å². The van der Waals surface area contributed by atoms with Crippen molar-refractivity contribution >= 4 is 70.9 Å². The number of hydrogen-bond donors (Lipinski definition) is 0. The second-order valence-corrected chi connectivity index (χ2v) is 16.4. The van der Waals surface area contributed by atoms with Crippen molar-refractivity contribution in [2.24, 2.45) is 0 Å². The van der Waals surface area contributed by atoms with E-state index < -0.39 is 0 Å². The van der Waals surface area contributed by atoms with Gasteiger partial charge >= 0.3 is 0 Å². The quantitative estimate of drug-likeness (QED) is 0.155. The fourth-order valence-corrected chi connectivity index (χ4v) is 9.98. The molecule has 0 fully saturated rings. The molecule has 63 heavy (non-hydrogen) atoms. The lowest BCUT2D eigenvalue weighted by atomic mass is 9.91. The predicted molar refractivity (Wildman–Crippen MR) is 270 cm³/mol. The summed E-state index contributed by atoms with van der Waals surface area (Å²) in [4.78, 5) is 2.48. The Morgan fingerprint density at radius 1 is 0.206 bits per heavy atom. The fraction of sp³-hybridized carbons (Fsp3) is 0. The van der Waals surface area contributed by atoms with Gasteiger partial charge in [0.2, 0.25) is 0 Å². The molecule has 0 aliphatic rings. The first-order valence-corrected chi connectivity index (χ1v) is 21.8. The molecule has 0 spiro atoms. The van der Waals surface area contributed by atoms with Crippen LogP contribution in [-0.2, 0) is 0 Å². The number of nitrogens with zero attached hydrogens (tertiary/aromatic N) is 1. The Kier molecular flexibility index (Phi) is 8.90. The third kappa shape index (κ3) is 6.25. The third-order valence-corrected chi connectivity index (χ3v) is 12.9. The van der Waals surface area contributed by atoms with E-state index in [0.717, 1.165) is 17.1 Å². The van der Waals surface area contributed by atoms with Gasteiger partial charge in [-0.15, -0.1) is 0 Å². The highest BCUT2D eigenvalue weighted by molar-refractivity contribution is 6.14. The van der Waals surface area contributed by atoms with Crippen LogP contribution in [0.5, 0.6) is 0 Å². The highest BCUT2D eigenvalue weighted by atomic mass is 15.1. The zero-order valence-electron chi connectivity index (χ0n) is 34.6. The number of fused-ring (bicyclic) bond motifs is 5. The molecule has 294 valence electrons. The molecule has 0 N–H and O–H groups in total. The molecule has 1 heteroatoms. The van der Waals surface area contributed by atoms with Gasteiger partial charge in [0.1, 0.15) is 0 Å². The number of rotatable bonds is 7. The van der Waals surface area contributed by atoms with Crippen LogP contribution < -0.4 is 4.90 Å². The van der Waals surface area contributed by atoms with Gasteiger partial charge in [0.15, 0.2) is 0 Å². The third-order valence-electron chi connectivity index (χ3n) is 12.9. The lowest BCUT2D eigenvalue weighted by Crippen LogP contribution is -2.11. The summed E-state index contributed by atoms with van der Waals surface area (Å²) in [5.41, 5.74) is 13.1. The SMILES string of the molecule is c1ccc(-c2cccc3cccc(-c4ccc(N(c5ccc(-c6cccc7ccccc67)c6ccccc56)c5ccc(-c6cccc7ccccc67)c6ccccc56)cc4)c23)cc1. The summed E-state index contributed by atoms with van der Waals surface area (Å²) >= 11 is 0. The van der Waals surface area contributed by atoms with Crippen molar-refractivity contribution in [3.8, 4) is 44.5 Å². The Morgan fingerprint density at radius 2 is 0.571 bits per heavy atom. The van der Waals surface area contributed by atoms with Crippen LogP contribution in [0.1, 0.15) is 0 Å². The molecule has 0 bridgehead atoms. The lowest BCUT2D eigenvalue weighted by molar-refractivity contribution is 1.31. The van der Waals surface area contributed by atoms with E-state index in [4.69, 9.17) is 0 Å². The standard InChI is InChI=1S/C62H41N/c1-2-16-44(17-3-1)50-30-14-22-46-23-15-31-51(62(46)50)45-34-36-47(37-35-45)63(60-40-38-56(54-26-8-10-28-58(54)60)52-32-12-20-42-18-4-6-24-48(42)52)61-41-39-57(55-27-9-11-29-59(55)61)53-33-13-21-43-19-5-7-25-49(43)53/h1-41H. The van der Waals surface area contributed by atoms with Gasteiger partial charge in [0.05, 0.1) is 11.4 Å². The van der Waals surface area contributed by atoms with Gasteiger partial charge in [-0.2, -0.15) is 0 Å². The molecule has 0 unspecified atom stereocenters. The van der Waals surface area contributed by atoms with E-state index in [1.165, 1.54) is 98.4 Å².